The van der Waals surface area contributed by atoms with Crippen LogP contribution in [0.5, 0.6) is 0 Å². The Labute approximate surface area is 209 Å². The topological polar surface area (TPSA) is 7.12 Å². The van der Waals surface area contributed by atoms with Gasteiger partial charge in [-0.15, -0.1) is 0 Å². The van der Waals surface area contributed by atoms with Gasteiger partial charge in [-0.3, -0.25) is 0 Å². The first-order valence-electron chi connectivity index (χ1n) is 14.3. The van der Waals surface area contributed by atoms with E-state index in [2.05, 4.69) is 76.5 Å². The number of hydrogen-bond acceptors (Lipinski definition) is 1. The summed E-state index contributed by atoms with van der Waals surface area (Å²) < 4.78 is 2.51. The molecule has 2 heteroatoms. The van der Waals surface area contributed by atoms with Crippen molar-refractivity contribution < 1.29 is 4.57 Å². The first-order chi connectivity index (χ1) is 16.9. The molecule has 1 fully saturated rings. The van der Waals surface area contributed by atoms with Crippen LogP contribution in [-0.4, -0.2) is 24.5 Å². The molecule has 184 valence electrons. The number of nitrogens with zero attached hydrogens (tertiary/aromatic N) is 2. The van der Waals surface area contributed by atoms with Gasteiger partial charge in [-0.05, 0) is 82.2 Å². The average Bonchev–Trinajstić information content (AvgIpc) is 2.85. The number of aromatic nitrogens is 1. The van der Waals surface area contributed by atoms with Crippen LogP contribution in [0.25, 0.3) is 0 Å². The van der Waals surface area contributed by atoms with Crippen LogP contribution in [0.15, 0.2) is 67.1 Å². The molecule has 5 heterocycles. The number of allylic oxidation sites excluding steroid dienone is 7. The minimum Gasteiger partial charge on any atom is -0.303 e. The monoisotopic (exact) mass is 459 g/mol. The van der Waals surface area contributed by atoms with Crippen molar-refractivity contribution in [2.75, 3.05) is 19.6 Å². The average molecular weight is 460 g/mol. The molecule has 1 aromatic heterocycles. The molecule has 2 nitrogen and oxygen atoms in total. The Balaban J connectivity index is 1.59. The molecule has 1 aromatic rings. The predicted octanol–water partition coefficient (Wildman–Crippen LogP) is 7.47. The molecule has 34 heavy (non-hydrogen) atoms. The van der Waals surface area contributed by atoms with E-state index in [0.717, 1.165) is 24.8 Å². The largest absolute Gasteiger partial charge is 0.303 e. The Morgan fingerprint density at radius 2 is 1.41 bits per heavy atom. The number of rotatable bonds is 0. The van der Waals surface area contributed by atoms with Crippen molar-refractivity contribution in [2.45, 2.75) is 95.9 Å². The molecule has 4 aliphatic rings. The summed E-state index contributed by atoms with van der Waals surface area (Å²) in [5.74, 6) is 1.52. The fourth-order valence-corrected chi connectivity index (χ4v) is 6.03. The summed E-state index contributed by atoms with van der Waals surface area (Å²) in [6.45, 7) is 4.84. The van der Waals surface area contributed by atoms with Gasteiger partial charge in [-0.2, -0.15) is 0 Å². The summed E-state index contributed by atoms with van der Waals surface area (Å²) in [4.78, 5) is 2.75. The number of aryl methyl sites for hydroxylation is 2. The lowest BCUT2D eigenvalue weighted by Gasteiger charge is -2.38. The zero-order chi connectivity index (χ0) is 23.3. The molecule has 0 saturated carbocycles. The van der Waals surface area contributed by atoms with Crippen LogP contribution in [0, 0.1) is 5.92 Å². The first-order valence-corrected chi connectivity index (χ1v) is 14.3. The summed E-state index contributed by atoms with van der Waals surface area (Å²) >= 11 is 0. The van der Waals surface area contributed by atoms with Gasteiger partial charge >= 0.3 is 0 Å². The molecular formula is C32H47N2+. The molecular weight excluding hydrogens is 412 g/mol. The van der Waals surface area contributed by atoms with Gasteiger partial charge in [-0.25, -0.2) is 4.57 Å². The van der Waals surface area contributed by atoms with Crippen molar-refractivity contribution in [3.8, 4) is 0 Å². The Morgan fingerprint density at radius 1 is 0.676 bits per heavy atom. The Morgan fingerprint density at radius 3 is 2.26 bits per heavy atom. The minimum atomic E-state index is 0.725. The van der Waals surface area contributed by atoms with E-state index in [9.17, 15) is 0 Å². The van der Waals surface area contributed by atoms with Crippen molar-refractivity contribution in [2.24, 2.45) is 5.92 Å². The zero-order valence-corrected chi connectivity index (χ0v) is 21.4. The lowest BCUT2D eigenvalue weighted by molar-refractivity contribution is -0.697. The molecule has 0 N–H and O–H groups in total. The van der Waals surface area contributed by atoms with Gasteiger partial charge in [0, 0.05) is 30.6 Å². The van der Waals surface area contributed by atoms with Crippen LogP contribution in [-0.2, 0) is 13.0 Å². The fourth-order valence-electron chi connectivity index (χ4n) is 6.03. The van der Waals surface area contributed by atoms with E-state index in [0.29, 0.717) is 0 Å². The lowest BCUT2D eigenvalue weighted by Crippen LogP contribution is -2.41. The third kappa shape index (κ3) is 8.38. The second kappa shape index (κ2) is 14.5. The number of pyridine rings is 1. The maximum Gasteiger partial charge on any atom is 0.172 e. The smallest absolute Gasteiger partial charge is 0.172 e. The van der Waals surface area contributed by atoms with Crippen molar-refractivity contribution in [1.29, 1.82) is 0 Å². The third-order valence-electron chi connectivity index (χ3n) is 7.96. The summed E-state index contributed by atoms with van der Waals surface area (Å²) in [7, 11) is 0. The summed E-state index contributed by atoms with van der Waals surface area (Å²) in [6, 6.07) is 2.59. The van der Waals surface area contributed by atoms with E-state index in [1.165, 1.54) is 96.7 Å². The summed E-state index contributed by atoms with van der Waals surface area (Å²) in [5, 5.41) is 0. The highest BCUT2D eigenvalue weighted by Crippen LogP contribution is 2.36. The second-order valence-electron chi connectivity index (χ2n) is 10.7. The van der Waals surface area contributed by atoms with Crippen LogP contribution in [0.3, 0.4) is 0 Å². The quantitative estimate of drug-likeness (QED) is 0.365. The minimum absolute atomic E-state index is 0.725. The highest BCUT2D eigenvalue weighted by molar-refractivity contribution is 5.21. The van der Waals surface area contributed by atoms with Gasteiger partial charge in [0.1, 0.15) is 0 Å². The number of hydrogen-bond donors (Lipinski definition) is 0. The van der Waals surface area contributed by atoms with Gasteiger partial charge in [0.15, 0.2) is 18.9 Å². The van der Waals surface area contributed by atoms with Crippen molar-refractivity contribution in [1.82, 2.24) is 4.90 Å². The summed E-state index contributed by atoms with van der Waals surface area (Å²) in [6.07, 6.45) is 40.1. The molecule has 1 saturated heterocycles. The van der Waals surface area contributed by atoms with Crippen LogP contribution in [0.4, 0.5) is 0 Å². The van der Waals surface area contributed by atoms with E-state index >= 15 is 0 Å². The van der Waals surface area contributed by atoms with Gasteiger partial charge in [0.25, 0.3) is 0 Å². The van der Waals surface area contributed by atoms with E-state index in [1.807, 2.05) is 0 Å². The molecule has 0 radical (unpaired) electrons. The van der Waals surface area contributed by atoms with Crippen LogP contribution in [0.2, 0.25) is 0 Å². The normalized spacial score (nSPS) is 31.4. The highest BCUT2D eigenvalue weighted by atomic mass is 15.1. The van der Waals surface area contributed by atoms with Crippen molar-refractivity contribution in [3.63, 3.8) is 0 Å². The van der Waals surface area contributed by atoms with E-state index in [-0.39, 0.29) is 0 Å². The van der Waals surface area contributed by atoms with E-state index in [4.69, 9.17) is 0 Å². The van der Waals surface area contributed by atoms with Gasteiger partial charge < -0.3 is 4.90 Å². The maximum atomic E-state index is 2.75. The van der Waals surface area contributed by atoms with Crippen LogP contribution < -0.4 is 4.57 Å². The lowest BCUT2D eigenvalue weighted by atomic mass is 9.78. The fraction of sp³-hybridized carbons (Fsp3) is 0.594. The zero-order valence-electron chi connectivity index (χ0n) is 21.4. The van der Waals surface area contributed by atoms with Crippen molar-refractivity contribution >= 4 is 0 Å². The van der Waals surface area contributed by atoms with Gasteiger partial charge in [0.2, 0.25) is 0 Å². The van der Waals surface area contributed by atoms with E-state index < -0.39 is 0 Å². The third-order valence-corrected chi connectivity index (χ3v) is 7.96. The maximum absolute atomic E-state index is 2.75. The SMILES string of the molecule is C1=C\CCCCCC[C@@H]2CN3CC/C=C/C=C\CCCCc4cc(c[n+](c4)CC\C=C/1)[C@@H]2CC3. The Bertz CT molecular complexity index is 847. The number of fused-ring (bicyclic) bond motifs is 9. The molecule has 0 aromatic carbocycles. The molecule has 0 aliphatic carbocycles. The second-order valence-corrected chi connectivity index (χ2v) is 10.7. The molecule has 6 bridgehead atoms. The molecule has 5 rings (SSSR count). The molecule has 0 amide bonds. The predicted molar refractivity (Wildman–Crippen MR) is 145 cm³/mol. The Hall–Kier alpha value is -1.93. The highest BCUT2D eigenvalue weighted by Gasteiger charge is 2.31. The summed E-state index contributed by atoms with van der Waals surface area (Å²) in [5.41, 5.74) is 3.17. The molecule has 4 aliphatic heterocycles. The molecule has 3 atom stereocenters. The Kier molecular flexibility index (Phi) is 10.7. The first kappa shape index (κ1) is 25.2. The standard InChI is InChI=1S/C32H47N2/c1-2-5-10-14-18-23-34-26-29-19-15-11-7-4-6-9-13-17-22-33-24-21-32(31(25-29)28-34)30(27-33)20-16-12-8-3-1/h2,4-6,9-10,13-14,25-26,28,30,32H,1,3,7-8,11-12,15-24,27H2/q+1/b5-2-,6-4-,13-9+,14-10-/t30-,32-/m1/s1. The number of piperidine rings is 1. The van der Waals surface area contributed by atoms with Crippen LogP contribution >= 0.6 is 0 Å². The van der Waals surface area contributed by atoms with Crippen molar-refractivity contribution in [3.05, 3.63) is 78.2 Å². The molecule has 1 unspecified atom stereocenters. The molecule has 0 spiro atoms. The van der Waals surface area contributed by atoms with Gasteiger partial charge in [-0.1, -0.05) is 67.9 Å². The van der Waals surface area contributed by atoms with Gasteiger partial charge in [0.05, 0.1) is 0 Å². The van der Waals surface area contributed by atoms with E-state index in [1.54, 1.807) is 11.1 Å². The van der Waals surface area contributed by atoms with Crippen LogP contribution in [0.1, 0.15) is 94.1 Å².